The van der Waals surface area contributed by atoms with Crippen molar-refractivity contribution in [2.45, 2.75) is 6.04 Å². The summed E-state index contributed by atoms with van der Waals surface area (Å²) >= 11 is 0. The third kappa shape index (κ3) is 3.11. The number of aliphatic carboxylic acids is 1. The van der Waals surface area contributed by atoms with E-state index in [4.69, 9.17) is 15.6 Å². The number of rotatable bonds is 5. The van der Waals surface area contributed by atoms with E-state index >= 15 is 0 Å². The molecule has 0 spiro atoms. The Morgan fingerprint density at radius 1 is 1.67 bits per heavy atom. The lowest BCUT2D eigenvalue weighted by atomic mass is 10.1. The highest BCUT2D eigenvalue weighted by Crippen LogP contribution is 2.18. The lowest BCUT2D eigenvalue weighted by molar-refractivity contribution is -0.138. The maximum absolute atomic E-state index is 10.6. The fourth-order valence-electron chi connectivity index (χ4n) is 1.10. The Labute approximate surface area is 88.0 Å². The molecule has 1 unspecified atom stereocenters. The molecule has 4 heteroatoms. The Kier molecular flexibility index (Phi) is 3.88. The van der Waals surface area contributed by atoms with Gasteiger partial charge in [-0.15, -0.1) is 0 Å². The average Bonchev–Trinajstić information content (AvgIpc) is 2.25. The van der Waals surface area contributed by atoms with Crippen LogP contribution in [0.1, 0.15) is 11.6 Å². The molecule has 0 bridgehead atoms. The van der Waals surface area contributed by atoms with E-state index in [0.717, 1.165) is 0 Å². The lowest BCUT2D eigenvalue weighted by Gasteiger charge is -2.09. The number of nitrogens with two attached hydrogens (primary N) is 1. The van der Waals surface area contributed by atoms with Crippen molar-refractivity contribution in [1.82, 2.24) is 0 Å². The Morgan fingerprint density at radius 2 is 2.40 bits per heavy atom. The van der Waals surface area contributed by atoms with Crippen molar-refractivity contribution in [2.75, 3.05) is 6.61 Å². The van der Waals surface area contributed by atoms with E-state index in [-0.39, 0.29) is 0 Å². The highest BCUT2D eigenvalue weighted by atomic mass is 16.5. The molecule has 1 rings (SSSR count). The number of ether oxygens (including phenoxy) is 1. The maximum atomic E-state index is 10.6. The molecule has 0 saturated heterocycles. The molecule has 3 N–H and O–H groups in total. The normalized spacial score (nSPS) is 11.8. The molecule has 0 amide bonds. The molecule has 15 heavy (non-hydrogen) atoms. The van der Waals surface area contributed by atoms with Crippen LogP contribution in [0.4, 0.5) is 0 Å². The van der Waals surface area contributed by atoms with E-state index in [1.54, 1.807) is 30.3 Å². The van der Waals surface area contributed by atoms with Crippen LogP contribution in [0.25, 0.3) is 0 Å². The molecular weight excluding hydrogens is 194 g/mol. The predicted octanol–water partition coefficient (Wildman–Crippen LogP) is 1.34. The summed E-state index contributed by atoms with van der Waals surface area (Å²) in [6.07, 6.45) is 1.61. The fourth-order valence-corrected chi connectivity index (χ4v) is 1.10. The zero-order valence-electron chi connectivity index (χ0n) is 8.22. The number of benzene rings is 1. The van der Waals surface area contributed by atoms with Crippen molar-refractivity contribution in [3.63, 3.8) is 0 Å². The van der Waals surface area contributed by atoms with Gasteiger partial charge in [0.1, 0.15) is 18.4 Å². The van der Waals surface area contributed by atoms with E-state index in [1.165, 1.54) is 0 Å². The van der Waals surface area contributed by atoms with Crippen LogP contribution in [-0.4, -0.2) is 17.7 Å². The Balaban J connectivity index is 2.82. The summed E-state index contributed by atoms with van der Waals surface area (Å²) in [5, 5.41) is 8.72. The maximum Gasteiger partial charge on any atom is 0.325 e. The number of carboxylic acids is 1. The average molecular weight is 207 g/mol. The monoisotopic (exact) mass is 207 g/mol. The van der Waals surface area contributed by atoms with Crippen molar-refractivity contribution in [3.8, 4) is 5.75 Å². The summed E-state index contributed by atoms with van der Waals surface area (Å²) in [6.45, 7) is 3.90. The topological polar surface area (TPSA) is 72.5 Å². The Bertz CT molecular complexity index is 363. The summed E-state index contributed by atoms with van der Waals surface area (Å²) in [4.78, 5) is 10.6. The van der Waals surface area contributed by atoms with Crippen molar-refractivity contribution in [2.24, 2.45) is 5.73 Å². The summed E-state index contributed by atoms with van der Waals surface area (Å²) in [5.74, 6) is -0.472. The van der Waals surface area contributed by atoms with Crippen LogP contribution < -0.4 is 10.5 Å². The molecule has 0 aliphatic rings. The predicted molar refractivity (Wildman–Crippen MR) is 56.7 cm³/mol. The summed E-state index contributed by atoms with van der Waals surface area (Å²) in [7, 11) is 0. The smallest absolute Gasteiger partial charge is 0.325 e. The molecule has 80 valence electrons. The van der Waals surface area contributed by atoms with Crippen molar-refractivity contribution in [3.05, 3.63) is 42.5 Å². The fraction of sp³-hybridized carbons (Fsp3) is 0.182. The minimum atomic E-state index is -1.06. The van der Waals surface area contributed by atoms with Gasteiger partial charge in [-0.1, -0.05) is 24.8 Å². The molecule has 1 aromatic carbocycles. The van der Waals surface area contributed by atoms with Gasteiger partial charge in [0.25, 0.3) is 0 Å². The molecule has 1 aromatic rings. The number of hydrogen-bond acceptors (Lipinski definition) is 3. The first-order valence-corrected chi connectivity index (χ1v) is 4.47. The van der Waals surface area contributed by atoms with Crippen molar-refractivity contribution < 1.29 is 14.6 Å². The molecule has 0 heterocycles. The summed E-state index contributed by atoms with van der Waals surface area (Å²) in [6, 6.07) is 5.69. The molecular formula is C11H13NO3. The van der Waals surface area contributed by atoms with Crippen LogP contribution in [0.5, 0.6) is 5.75 Å². The molecule has 0 aliphatic heterocycles. The first-order chi connectivity index (χ1) is 7.15. The number of carboxylic acid groups (broad SMARTS) is 1. The van der Waals surface area contributed by atoms with Crippen LogP contribution in [0, 0.1) is 0 Å². The summed E-state index contributed by atoms with van der Waals surface area (Å²) in [5.41, 5.74) is 5.98. The quantitative estimate of drug-likeness (QED) is 0.714. The van der Waals surface area contributed by atoms with Gasteiger partial charge in [0.05, 0.1) is 0 Å². The van der Waals surface area contributed by atoms with Gasteiger partial charge in [0.15, 0.2) is 0 Å². The molecule has 0 fully saturated rings. The molecule has 0 aliphatic carbocycles. The standard InChI is InChI=1S/C11H13NO3/c1-2-6-15-9-5-3-4-8(7-9)10(12)11(13)14/h2-5,7,10H,1,6,12H2,(H,13,14). The lowest BCUT2D eigenvalue weighted by Crippen LogP contribution is -2.20. The van der Waals surface area contributed by atoms with Crippen LogP contribution in [-0.2, 0) is 4.79 Å². The SMILES string of the molecule is C=CCOc1cccc(C(N)C(=O)O)c1. The third-order valence-corrected chi connectivity index (χ3v) is 1.85. The van der Waals surface area contributed by atoms with E-state index in [2.05, 4.69) is 6.58 Å². The summed E-state index contributed by atoms with van der Waals surface area (Å²) < 4.78 is 5.26. The molecule has 0 aromatic heterocycles. The zero-order valence-corrected chi connectivity index (χ0v) is 8.22. The minimum absolute atomic E-state index is 0.381. The van der Waals surface area contributed by atoms with Crippen molar-refractivity contribution in [1.29, 1.82) is 0 Å². The second kappa shape index (κ2) is 5.17. The van der Waals surface area contributed by atoms with Crippen molar-refractivity contribution >= 4 is 5.97 Å². The van der Waals surface area contributed by atoms with E-state index in [0.29, 0.717) is 17.9 Å². The second-order valence-corrected chi connectivity index (χ2v) is 2.99. The first kappa shape index (κ1) is 11.3. The van der Waals surface area contributed by atoms with Crippen LogP contribution in [0.15, 0.2) is 36.9 Å². The van der Waals surface area contributed by atoms with Gasteiger partial charge in [0, 0.05) is 0 Å². The van der Waals surface area contributed by atoms with Gasteiger partial charge in [-0.25, -0.2) is 0 Å². The Hall–Kier alpha value is -1.81. The van der Waals surface area contributed by atoms with Gasteiger partial charge in [0.2, 0.25) is 0 Å². The van der Waals surface area contributed by atoms with Crippen LogP contribution in [0.3, 0.4) is 0 Å². The molecule has 0 saturated carbocycles. The Morgan fingerprint density at radius 3 is 3.00 bits per heavy atom. The third-order valence-electron chi connectivity index (χ3n) is 1.85. The van der Waals surface area contributed by atoms with Crippen LogP contribution >= 0.6 is 0 Å². The second-order valence-electron chi connectivity index (χ2n) is 2.99. The highest BCUT2D eigenvalue weighted by Gasteiger charge is 2.14. The first-order valence-electron chi connectivity index (χ1n) is 4.47. The largest absolute Gasteiger partial charge is 0.490 e. The van der Waals surface area contributed by atoms with Gasteiger partial charge in [-0.05, 0) is 17.7 Å². The highest BCUT2D eigenvalue weighted by molar-refractivity contribution is 5.75. The number of carbonyl (C=O) groups is 1. The van der Waals surface area contributed by atoms with Crippen LogP contribution in [0.2, 0.25) is 0 Å². The van der Waals surface area contributed by atoms with Gasteiger partial charge < -0.3 is 15.6 Å². The van der Waals surface area contributed by atoms with E-state index in [9.17, 15) is 4.79 Å². The zero-order chi connectivity index (χ0) is 11.3. The molecule has 4 nitrogen and oxygen atoms in total. The van der Waals surface area contributed by atoms with Gasteiger partial charge in [-0.3, -0.25) is 4.79 Å². The minimum Gasteiger partial charge on any atom is -0.490 e. The molecule has 0 radical (unpaired) electrons. The van der Waals surface area contributed by atoms with E-state index in [1.807, 2.05) is 0 Å². The molecule has 1 atom stereocenters. The van der Waals surface area contributed by atoms with Gasteiger partial charge in [-0.2, -0.15) is 0 Å². The van der Waals surface area contributed by atoms with E-state index < -0.39 is 12.0 Å². The van der Waals surface area contributed by atoms with Gasteiger partial charge >= 0.3 is 5.97 Å². The number of hydrogen-bond donors (Lipinski definition) is 2.